The SMILES string of the molecule is O=C(C[C@H](O)[C@H](O)C(=O)P(=O)(O)O)P(=O)(O)O. The van der Waals surface area contributed by atoms with E-state index in [2.05, 4.69) is 0 Å². The van der Waals surface area contributed by atoms with Gasteiger partial charge in [-0.1, -0.05) is 0 Å². The lowest BCUT2D eigenvalue weighted by molar-refractivity contribution is -0.128. The Bertz CT molecular complexity index is 403. The van der Waals surface area contributed by atoms with Gasteiger partial charge in [-0.15, -0.1) is 0 Å². The van der Waals surface area contributed by atoms with Gasteiger partial charge in [-0.3, -0.25) is 18.7 Å². The van der Waals surface area contributed by atoms with Gasteiger partial charge >= 0.3 is 15.2 Å². The zero-order valence-corrected chi connectivity index (χ0v) is 9.86. The van der Waals surface area contributed by atoms with Gasteiger partial charge in [0.15, 0.2) is 6.10 Å². The standard InChI is InChI=1S/C5H10O10P2/c6-2(1-3(7)16(10,11)12)4(8)5(9)17(13,14)15/h2,4,6,8H,1H2,(H2,10,11,12)(H2,13,14,15)/t2-,4-/m0/s1. The molecule has 0 rings (SSSR count). The minimum absolute atomic E-state index is 1.31. The van der Waals surface area contributed by atoms with E-state index >= 15 is 0 Å². The van der Waals surface area contributed by atoms with Crippen LogP contribution in [0.4, 0.5) is 0 Å². The van der Waals surface area contributed by atoms with Gasteiger partial charge in [-0.2, -0.15) is 0 Å². The third-order valence-corrected chi connectivity index (χ3v) is 3.28. The highest BCUT2D eigenvalue weighted by Crippen LogP contribution is 2.40. The molecule has 0 aliphatic heterocycles. The van der Waals surface area contributed by atoms with Crippen LogP contribution in [0.15, 0.2) is 0 Å². The fourth-order valence-corrected chi connectivity index (χ4v) is 1.69. The van der Waals surface area contributed by atoms with Crippen LogP contribution in [-0.4, -0.2) is 53.0 Å². The Labute approximate surface area is 94.2 Å². The fourth-order valence-electron chi connectivity index (χ4n) is 0.746. The van der Waals surface area contributed by atoms with Crippen LogP contribution in [0.1, 0.15) is 6.42 Å². The predicted octanol–water partition coefficient (Wildman–Crippen LogP) is -2.49. The van der Waals surface area contributed by atoms with Crippen LogP contribution in [0.3, 0.4) is 0 Å². The molecule has 100 valence electrons. The van der Waals surface area contributed by atoms with E-state index in [1.54, 1.807) is 0 Å². The van der Waals surface area contributed by atoms with E-state index in [0.29, 0.717) is 0 Å². The molecule has 10 nitrogen and oxygen atoms in total. The highest BCUT2D eigenvalue weighted by atomic mass is 31.2. The third-order valence-electron chi connectivity index (χ3n) is 1.61. The number of hydrogen-bond donors (Lipinski definition) is 6. The van der Waals surface area contributed by atoms with Crippen molar-refractivity contribution < 1.29 is 48.5 Å². The average Bonchev–Trinajstić information content (AvgIpc) is 2.12. The number of carbonyl (C=O) groups excluding carboxylic acids is 2. The molecular weight excluding hydrogens is 282 g/mol. The molecule has 0 aromatic rings. The smallest absolute Gasteiger partial charge is 0.389 e. The topological polar surface area (TPSA) is 190 Å². The van der Waals surface area contributed by atoms with E-state index in [1.807, 2.05) is 0 Å². The highest BCUT2D eigenvalue weighted by Gasteiger charge is 2.39. The van der Waals surface area contributed by atoms with Crippen molar-refractivity contribution in [1.82, 2.24) is 0 Å². The molecule has 0 aromatic heterocycles. The van der Waals surface area contributed by atoms with Crippen molar-refractivity contribution in [1.29, 1.82) is 0 Å². The van der Waals surface area contributed by atoms with E-state index in [0.717, 1.165) is 0 Å². The summed E-state index contributed by atoms with van der Waals surface area (Å²) in [4.78, 5) is 54.9. The van der Waals surface area contributed by atoms with Crippen molar-refractivity contribution in [3.8, 4) is 0 Å². The Balaban J connectivity index is 4.70. The molecule has 0 unspecified atom stereocenters. The van der Waals surface area contributed by atoms with Crippen molar-refractivity contribution in [3.05, 3.63) is 0 Å². The maximum absolute atomic E-state index is 10.8. The van der Waals surface area contributed by atoms with Crippen molar-refractivity contribution in [2.45, 2.75) is 18.6 Å². The molecule has 0 spiro atoms. The van der Waals surface area contributed by atoms with E-state index in [4.69, 9.17) is 29.8 Å². The molecule has 6 N–H and O–H groups in total. The molecule has 0 aliphatic carbocycles. The number of aliphatic hydroxyl groups is 2. The van der Waals surface area contributed by atoms with Crippen LogP contribution in [0.5, 0.6) is 0 Å². The first-order valence-corrected chi connectivity index (χ1v) is 7.15. The molecule has 0 bridgehead atoms. The summed E-state index contributed by atoms with van der Waals surface area (Å²) in [6.07, 6.45) is -6.22. The predicted molar refractivity (Wildman–Crippen MR) is 50.7 cm³/mol. The Morgan fingerprint density at radius 2 is 1.35 bits per heavy atom. The number of rotatable bonds is 6. The molecule has 0 fully saturated rings. The first-order valence-electron chi connectivity index (χ1n) is 3.92. The summed E-state index contributed by atoms with van der Waals surface area (Å²) in [6.45, 7) is 0. The van der Waals surface area contributed by atoms with E-state index in [1.165, 1.54) is 0 Å². The molecule has 0 saturated heterocycles. The van der Waals surface area contributed by atoms with E-state index in [9.17, 15) is 18.7 Å². The Morgan fingerprint density at radius 1 is 0.941 bits per heavy atom. The normalized spacial score (nSPS) is 16.4. The van der Waals surface area contributed by atoms with Gasteiger partial charge in [0.2, 0.25) is 5.52 Å². The van der Waals surface area contributed by atoms with Gasteiger partial charge < -0.3 is 29.8 Å². The lowest BCUT2D eigenvalue weighted by atomic mass is 10.2. The maximum Gasteiger partial charge on any atom is 0.394 e. The maximum atomic E-state index is 10.8. The summed E-state index contributed by atoms with van der Waals surface area (Å²) in [5, 5.41) is 17.9. The number of aliphatic hydroxyl groups excluding tert-OH is 2. The molecule has 0 radical (unpaired) electrons. The zero-order valence-electron chi connectivity index (χ0n) is 8.07. The van der Waals surface area contributed by atoms with Crippen molar-refractivity contribution in [2.75, 3.05) is 0 Å². The van der Waals surface area contributed by atoms with Crippen molar-refractivity contribution >= 4 is 26.2 Å². The summed E-state index contributed by atoms with van der Waals surface area (Å²) in [5.74, 6) is 0. The Kier molecular flexibility index (Phi) is 5.33. The lowest BCUT2D eigenvalue weighted by Crippen LogP contribution is -2.35. The third kappa shape index (κ3) is 5.15. The summed E-state index contributed by atoms with van der Waals surface area (Å²) < 4.78 is 20.8. The molecule has 2 atom stereocenters. The molecule has 0 aliphatic rings. The van der Waals surface area contributed by atoms with Crippen LogP contribution in [0, 0.1) is 0 Å². The van der Waals surface area contributed by atoms with Gasteiger partial charge in [0.05, 0.1) is 6.10 Å². The molecule has 0 saturated carbocycles. The zero-order chi connectivity index (χ0) is 14.0. The van der Waals surface area contributed by atoms with Gasteiger partial charge in [0.1, 0.15) is 0 Å². The quantitative estimate of drug-likeness (QED) is 0.285. The molecule has 0 amide bonds. The second-order valence-electron chi connectivity index (χ2n) is 3.04. The molecule has 12 heteroatoms. The fraction of sp³-hybridized carbons (Fsp3) is 0.600. The molecule has 0 heterocycles. The summed E-state index contributed by atoms with van der Waals surface area (Å²) in [7, 11) is -10.4. The van der Waals surface area contributed by atoms with Gasteiger partial charge in [0, 0.05) is 6.42 Å². The number of carbonyl (C=O) groups is 2. The summed E-state index contributed by atoms with van der Waals surface area (Å²) >= 11 is 0. The van der Waals surface area contributed by atoms with Gasteiger partial charge in [0.25, 0.3) is 5.52 Å². The van der Waals surface area contributed by atoms with Crippen LogP contribution < -0.4 is 0 Å². The largest absolute Gasteiger partial charge is 0.394 e. The second kappa shape index (κ2) is 5.47. The first kappa shape index (κ1) is 16.6. The molecule has 17 heavy (non-hydrogen) atoms. The minimum atomic E-state index is -5.31. The molecule has 0 aromatic carbocycles. The van der Waals surface area contributed by atoms with Crippen LogP contribution in [0.25, 0.3) is 0 Å². The monoisotopic (exact) mass is 292 g/mol. The lowest BCUT2D eigenvalue weighted by Gasteiger charge is -2.16. The van der Waals surface area contributed by atoms with Gasteiger partial charge in [-0.05, 0) is 0 Å². The molecular formula is C5H10O10P2. The Hall–Kier alpha value is -0.440. The van der Waals surface area contributed by atoms with Gasteiger partial charge in [-0.25, -0.2) is 0 Å². The average molecular weight is 292 g/mol. The van der Waals surface area contributed by atoms with Crippen LogP contribution >= 0.6 is 15.2 Å². The van der Waals surface area contributed by atoms with Crippen LogP contribution in [0.2, 0.25) is 0 Å². The van der Waals surface area contributed by atoms with E-state index < -0.39 is 44.9 Å². The second-order valence-corrected chi connectivity index (χ2v) is 6.15. The minimum Gasteiger partial charge on any atom is -0.389 e. The summed E-state index contributed by atoms with van der Waals surface area (Å²) in [6, 6.07) is 0. The number of hydrogen-bond acceptors (Lipinski definition) is 6. The van der Waals surface area contributed by atoms with Crippen molar-refractivity contribution in [3.63, 3.8) is 0 Å². The van der Waals surface area contributed by atoms with E-state index in [-0.39, 0.29) is 0 Å². The van der Waals surface area contributed by atoms with Crippen LogP contribution in [-0.2, 0) is 18.7 Å². The first-order chi connectivity index (χ1) is 7.37. The van der Waals surface area contributed by atoms with Crippen molar-refractivity contribution in [2.24, 2.45) is 0 Å². The highest BCUT2D eigenvalue weighted by molar-refractivity contribution is 7.70. The summed E-state index contributed by atoms with van der Waals surface area (Å²) in [5.41, 5.74) is -3.80. The Morgan fingerprint density at radius 3 is 1.65 bits per heavy atom.